The van der Waals surface area contributed by atoms with Crippen LogP contribution in [-0.2, 0) is 38.3 Å². The fourth-order valence-corrected chi connectivity index (χ4v) is 4.84. The quantitative estimate of drug-likeness (QED) is 0.696. The number of fused-ring (bicyclic) bond motifs is 1. The highest BCUT2D eigenvalue weighted by atomic mass is 32.1. The molecule has 29 heavy (non-hydrogen) atoms. The van der Waals surface area contributed by atoms with Crippen molar-refractivity contribution in [2.24, 2.45) is 5.92 Å². The number of carbonyl (C=O) groups excluding carboxylic acids is 3. The zero-order chi connectivity index (χ0) is 20.8. The second-order valence-electron chi connectivity index (χ2n) is 7.24. The number of ether oxygens (including phenoxy) is 2. The third-order valence-corrected chi connectivity index (χ3v) is 6.15. The van der Waals surface area contributed by atoms with Gasteiger partial charge in [-0.1, -0.05) is 37.3 Å². The van der Waals surface area contributed by atoms with Gasteiger partial charge in [-0.2, -0.15) is 0 Å². The molecule has 2 aromatic rings. The topological polar surface area (TPSA) is 81.7 Å². The smallest absolute Gasteiger partial charge is 0.341 e. The van der Waals surface area contributed by atoms with E-state index < -0.39 is 17.8 Å². The number of thiophene rings is 1. The third-order valence-electron chi connectivity index (χ3n) is 4.98. The summed E-state index contributed by atoms with van der Waals surface area (Å²) in [6, 6.07) is 9.61. The van der Waals surface area contributed by atoms with E-state index in [1.807, 2.05) is 30.3 Å². The lowest BCUT2D eigenvalue weighted by Crippen LogP contribution is -2.22. The molecule has 0 saturated carbocycles. The fraction of sp³-hybridized carbons (Fsp3) is 0.409. The molecule has 1 aromatic carbocycles. The second kappa shape index (κ2) is 9.69. The molecule has 0 saturated heterocycles. The Balaban J connectivity index is 1.57. The van der Waals surface area contributed by atoms with E-state index in [1.165, 1.54) is 18.4 Å². The normalized spacial score (nSPS) is 15.3. The Labute approximate surface area is 174 Å². The van der Waals surface area contributed by atoms with Gasteiger partial charge in [-0.3, -0.25) is 9.59 Å². The molecule has 1 atom stereocenters. The summed E-state index contributed by atoms with van der Waals surface area (Å²) >= 11 is 1.41. The summed E-state index contributed by atoms with van der Waals surface area (Å²) in [4.78, 5) is 37.6. The van der Waals surface area contributed by atoms with Crippen molar-refractivity contribution in [2.45, 2.75) is 39.0 Å². The van der Waals surface area contributed by atoms with Crippen LogP contribution >= 0.6 is 11.3 Å². The van der Waals surface area contributed by atoms with Gasteiger partial charge < -0.3 is 14.8 Å². The van der Waals surface area contributed by atoms with E-state index >= 15 is 0 Å². The number of esters is 2. The van der Waals surface area contributed by atoms with Crippen molar-refractivity contribution in [3.05, 3.63) is 51.9 Å². The number of methoxy groups -OCH3 is 1. The summed E-state index contributed by atoms with van der Waals surface area (Å²) in [5.74, 6) is -0.806. The largest absolute Gasteiger partial charge is 0.465 e. The van der Waals surface area contributed by atoms with Gasteiger partial charge in [0.25, 0.3) is 5.91 Å². The first-order valence-electron chi connectivity index (χ1n) is 9.70. The Morgan fingerprint density at radius 3 is 2.69 bits per heavy atom. The third kappa shape index (κ3) is 5.44. The van der Waals surface area contributed by atoms with Crippen LogP contribution in [0.1, 0.15) is 46.1 Å². The Morgan fingerprint density at radius 1 is 1.21 bits per heavy atom. The van der Waals surface area contributed by atoms with Crippen molar-refractivity contribution in [2.75, 3.05) is 19.0 Å². The van der Waals surface area contributed by atoms with E-state index in [0.717, 1.165) is 35.3 Å². The van der Waals surface area contributed by atoms with Crippen LogP contribution in [0.5, 0.6) is 0 Å². The number of aryl methyl sites for hydroxylation is 1. The fourth-order valence-electron chi connectivity index (χ4n) is 3.43. The zero-order valence-electron chi connectivity index (χ0n) is 16.7. The van der Waals surface area contributed by atoms with Crippen molar-refractivity contribution in [1.29, 1.82) is 0 Å². The molecule has 0 unspecified atom stereocenters. The Kier molecular flexibility index (Phi) is 7.04. The highest BCUT2D eigenvalue weighted by molar-refractivity contribution is 7.17. The number of hydrogen-bond acceptors (Lipinski definition) is 6. The predicted molar refractivity (Wildman–Crippen MR) is 111 cm³/mol. The molecule has 1 amide bonds. The van der Waals surface area contributed by atoms with Gasteiger partial charge in [0, 0.05) is 11.3 Å². The maximum Gasteiger partial charge on any atom is 0.341 e. The van der Waals surface area contributed by atoms with Crippen LogP contribution in [0.3, 0.4) is 0 Å². The van der Waals surface area contributed by atoms with Gasteiger partial charge in [0.1, 0.15) is 5.00 Å². The lowest BCUT2D eigenvalue weighted by atomic mass is 9.88. The Hall–Kier alpha value is -2.67. The number of rotatable bonds is 7. The molecule has 1 heterocycles. The van der Waals surface area contributed by atoms with Gasteiger partial charge in [-0.15, -0.1) is 11.3 Å². The van der Waals surface area contributed by atoms with Crippen LogP contribution in [0.2, 0.25) is 0 Å². The lowest BCUT2D eigenvalue weighted by molar-refractivity contribution is -0.147. The summed E-state index contributed by atoms with van der Waals surface area (Å²) in [6.07, 6.45) is 3.44. The minimum atomic E-state index is -0.463. The highest BCUT2D eigenvalue weighted by Crippen LogP contribution is 2.40. The molecule has 1 N–H and O–H groups in total. The van der Waals surface area contributed by atoms with Gasteiger partial charge in [0.05, 0.1) is 12.7 Å². The first kappa shape index (κ1) is 21.0. The first-order chi connectivity index (χ1) is 14.0. The minimum Gasteiger partial charge on any atom is -0.465 e. The number of nitrogens with one attached hydrogen (secondary N) is 1. The van der Waals surface area contributed by atoms with Crippen molar-refractivity contribution in [3.63, 3.8) is 0 Å². The summed E-state index contributed by atoms with van der Waals surface area (Å²) in [5.41, 5.74) is 2.44. The molecule has 0 spiro atoms. The molecule has 0 aliphatic heterocycles. The number of carbonyl (C=O) groups is 3. The van der Waals surface area contributed by atoms with Gasteiger partial charge in [-0.05, 0) is 42.7 Å². The Bertz CT molecular complexity index is 890. The zero-order valence-corrected chi connectivity index (χ0v) is 17.5. The summed E-state index contributed by atoms with van der Waals surface area (Å²) in [6.45, 7) is 1.79. The molecular weight excluding hydrogens is 390 g/mol. The van der Waals surface area contributed by atoms with Gasteiger partial charge in [-0.25, -0.2) is 4.79 Å². The SMILES string of the molecule is COC(=O)c1c(NC(=O)COC(=O)CCc2ccccc2)sc2c1CC[C@H](C)C2. The van der Waals surface area contributed by atoms with Crippen molar-refractivity contribution in [1.82, 2.24) is 0 Å². The average molecular weight is 416 g/mol. The van der Waals surface area contributed by atoms with E-state index in [1.54, 1.807) is 0 Å². The standard InChI is InChI=1S/C22H25NO5S/c1-14-8-10-16-17(12-14)29-21(20(16)22(26)27-2)23-18(24)13-28-19(25)11-9-15-6-4-3-5-7-15/h3-7,14H,8-13H2,1-2H3,(H,23,24)/t14-/m0/s1. The highest BCUT2D eigenvalue weighted by Gasteiger charge is 2.29. The molecule has 0 bridgehead atoms. The van der Waals surface area contributed by atoms with Crippen LogP contribution in [0.15, 0.2) is 30.3 Å². The average Bonchev–Trinajstić information content (AvgIpc) is 3.07. The molecule has 7 heteroatoms. The van der Waals surface area contributed by atoms with E-state index in [4.69, 9.17) is 9.47 Å². The van der Waals surface area contributed by atoms with Crippen LogP contribution in [0.4, 0.5) is 5.00 Å². The van der Waals surface area contributed by atoms with E-state index in [2.05, 4.69) is 12.2 Å². The first-order valence-corrected chi connectivity index (χ1v) is 10.5. The van der Waals surface area contributed by atoms with Gasteiger partial charge in [0.2, 0.25) is 0 Å². The van der Waals surface area contributed by atoms with Crippen LogP contribution in [0, 0.1) is 5.92 Å². The van der Waals surface area contributed by atoms with Crippen LogP contribution in [0.25, 0.3) is 0 Å². The van der Waals surface area contributed by atoms with E-state index in [-0.39, 0.29) is 13.0 Å². The summed E-state index contributed by atoms with van der Waals surface area (Å²) in [7, 11) is 1.33. The molecule has 6 nitrogen and oxygen atoms in total. The molecule has 3 rings (SSSR count). The number of benzene rings is 1. The summed E-state index contributed by atoms with van der Waals surface area (Å²) in [5, 5.41) is 3.20. The van der Waals surface area contributed by atoms with E-state index in [9.17, 15) is 14.4 Å². The molecule has 0 fully saturated rings. The van der Waals surface area contributed by atoms with Crippen molar-refractivity contribution in [3.8, 4) is 0 Å². The molecule has 154 valence electrons. The summed E-state index contributed by atoms with van der Waals surface area (Å²) < 4.78 is 9.99. The number of amides is 1. The number of anilines is 1. The predicted octanol–water partition coefficient (Wildman–Crippen LogP) is 3.77. The maximum atomic E-state index is 12.3. The second-order valence-corrected chi connectivity index (χ2v) is 8.35. The lowest BCUT2D eigenvalue weighted by Gasteiger charge is -2.18. The van der Waals surface area contributed by atoms with Gasteiger partial charge in [0.15, 0.2) is 6.61 Å². The van der Waals surface area contributed by atoms with Crippen LogP contribution in [-0.4, -0.2) is 31.6 Å². The molecular formula is C22H25NO5S. The van der Waals surface area contributed by atoms with Crippen LogP contribution < -0.4 is 5.32 Å². The molecule has 1 aliphatic rings. The maximum absolute atomic E-state index is 12.3. The monoisotopic (exact) mass is 415 g/mol. The van der Waals surface area contributed by atoms with Gasteiger partial charge >= 0.3 is 11.9 Å². The molecule has 0 radical (unpaired) electrons. The molecule has 1 aromatic heterocycles. The van der Waals surface area contributed by atoms with Crippen molar-refractivity contribution < 1.29 is 23.9 Å². The number of hydrogen-bond donors (Lipinski definition) is 1. The molecule has 1 aliphatic carbocycles. The van der Waals surface area contributed by atoms with E-state index in [0.29, 0.717) is 22.9 Å². The van der Waals surface area contributed by atoms with Crippen molar-refractivity contribution >= 4 is 34.2 Å². The minimum absolute atomic E-state index is 0.204. The Morgan fingerprint density at radius 2 is 1.97 bits per heavy atom.